The van der Waals surface area contributed by atoms with Crippen LogP contribution in [0.25, 0.3) is 0 Å². The summed E-state index contributed by atoms with van der Waals surface area (Å²) >= 11 is 0. The Bertz CT molecular complexity index is 256. The Morgan fingerprint density at radius 2 is 1.76 bits per heavy atom. The molecule has 0 aliphatic carbocycles. The molecule has 0 atom stereocenters. The summed E-state index contributed by atoms with van der Waals surface area (Å²) in [6, 6.07) is 0. The van der Waals surface area contributed by atoms with Crippen LogP contribution in [0.1, 0.15) is 47.5 Å². The first-order valence-corrected chi connectivity index (χ1v) is 6.12. The topological polar surface area (TPSA) is 52.6 Å². The highest BCUT2D eigenvalue weighted by Crippen LogP contribution is 2.21. The van der Waals surface area contributed by atoms with Crippen LogP contribution < -0.4 is 0 Å². The zero-order valence-corrected chi connectivity index (χ0v) is 11.5. The number of hydrogen-bond donors (Lipinski definition) is 0. The third kappa shape index (κ3) is 6.97. The SMILES string of the molecule is CCC(C)(C)C(=O)OCC(=O)OCCC(C)C. The fourth-order valence-electron chi connectivity index (χ4n) is 0.914. The Kier molecular flexibility index (Phi) is 6.85. The lowest BCUT2D eigenvalue weighted by Crippen LogP contribution is -2.28. The molecule has 0 aromatic rings. The number of hydrogen-bond acceptors (Lipinski definition) is 4. The standard InChI is InChI=1S/C13H24O4/c1-6-13(4,5)12(15)17-9-11(14)16-8-7-10(2)3/h10H,6-9H2,1-5H3. The van der Waals surface area contributed by atoms with E-state index in [1.807, 2.05) is 6.92 Å². The van der Waals surface area contributed by atoms with Crippen molar-refractivity contribution in [3.8, 4) is 0 Å². The number of carbonyl (C=O) groups is 2. The predicted octanol–water partition coefficient (Wildman–Crippen LogP) is 2.56. The summed E-state index contributed by atoms with van der Waals surface area (Å²) < 4.78 is 9.84. The Balaban J connectivity index is 3.81. The van der Waals surface area contributed by atoms with E-state index in [0.29, 0.717) is 18.9 Å². The average Bonchev–Trinajstić information content (AvgIpc) is 2.25. The van der Waals surface area contributed by atoms with Crippen molar-refractivity contribution in [1.29, 1.82) is 0 Å². The molecule has 0 radical (unpaired) electrons. The summed E-state index contributed by atoms with van der Waals surface area (Å²) in [6.45, 7) is 9.68. The fraction of sp³-hybridized carbons (Fsp3) is 0.846. The lowest BCUT2D eigenvalue weighted by molar-refractivity contribution is -0.164. The molecule has 0 heterocycles. The van der Waals surface area contributed by atoms with Gasteiger partial charge in [0.1, 0.15) is 0 Å². The van der Waals surface area contributed by atoms with Crippen molar-refractivity contribution in [1.82, 2.24) is 0 Å². The second kappa shape index (κ2) is 7.30. The first-order valence-electron chi connectivity index (χ1n) is 6.12. The highest BCUT2D eigenvalue weighted by Gasteiger charge is 2.27. The van der Waals surface area contributed by atoms with E-state index in [9.17, 15) is 9.59 Å². The normalized spacial score (nSPS) is 11.4. The van der Waals surface area contributed by atoms with Gasteiger partial charge in [-0.15, -0.1) is 0 Å². The van der Waals surface area contributed by atoms with Gasteiger partial charge in [-0.05, 0) is 32.6 Å². The Hall–Kier alpha value is -1.06. The van der Waals surface area contributed by atoms with Crippen molar-refractivity contribution in [2.75, 3.05) is 13.2 Å². The van der Waals surface area contributed by atoms with Gasteiger partial charge in [0, 0.05) is 0 Å². The number of ether oxygens (including phenoxy) is 2. The van der Waals surface area contributed by atoms with Crippen LogP contribution in [0, 0.1) is 11.3 Å². The van der Waals surface area contributed by atoms with Gasteiger partial charge in [-0.1, -0.05) is 20.8 Å². The van der Waals surface area contributed by atoms with E-state index in [2.05, 4.69) is 13.8 Å². The maximum atomic E-state index is 11.6. The molecule has 0 bridgehead atoms. The third-order valence-electron chi connectivity index (χ3n) is 2.72. The second-order valence-electron chi connectivity index (χ2n) is 5.22. The van der Waals surface area contributed by atoms with Gasteiger partial charge in [0.2, 0.25) is 0 Å². The lowest BCUT2D eigenvalue weighted by Gasteiger charge is -2.19. The van der Waals surface area contributed by atoms with E-state index in [4.69, 9.17) is 9.47 Å². The molecule has 0 aromatic carbocycles. The van der Waals surface area contributed by atoms with E-state index in [0.717, 1.165) is 6.42 Å². The molecule has 0 unspecified atom stereocenters. The lowest BCUT2D eigenvalue weighted by atomic mass is 9.91. The smallest absolute Gasteiger partial charge is 0.344 e. The van der Waals surface area contributed by atoms with Gasteiger partial charge in [-0.3, -0.25) is 4.79 Å². The van der Waals surface area contributed by atoms with Crippen LogP contribution in [-0.2, 0) is 19.1 Å². The van der Waals surface area contributed by atoms with Crippen LogP contribution in [0.5, 0.6) is 0 Å². The highest BCUT2D eigenvalue weighted by atomic mass is 16.6. The molecule has 0 spiro atoms. The zero-order valence-electron chi connectivity index (χ0n) is 11.5. The van der Waals surface area contributed by atoms with E-state index in [1.54, 1.807) is 13.8 Å². The molecule has 0 amide bonds. The maximum absolute atomic E-state index is 11.6. The molecule has 0 rings (SSSR count). The largest absolute Gasteiger partial charge is 0.463 e. The van der Waals surface area contributed by atoms with Gasteiger partial charge in [0.25, 0.3) is 0 Å². The van der Waals surface area contributed by atoms with E-state index in [-0.39, 0.29) is 12.6 Å². The predicted molar refractivity (Wildman–Crippen MR) is 65.4 cm³/mol. The summed E-state index contributed by atoms with van der Waals surface area (Å²) in [5.74, 6) is -0.351. The third-order valence-corrected chi connectivity index (χ3v) is 2.72. The number of rotatable bonds is 7. The first kappa shape index (κ1) is 15.9. The van der Waals surface area contributed by atoms with Gasteiger partial charge in [0.15, 0.2) is 6.61 Å². The van der Waals surface area contributed by atoms with Crippen molar-refractivity contribution in [2.45, 2.75) is 47.5 Å². The quantitative estimate of drug-likeness (QED) is 0.646. The molecular weight excluding hydrogens is 220 g/mol. The Labute approximate surface area is 104 Å². The monoisotopic (exact) mass is 244 g/mol. The first-order chi connectivity index (χ1) is 7.79. The Morgan fingerprint density at radius 3 is 2.24 bits per heavy atom. The highest BCUT2D eigenvalue weighted by molar-refractivity contribution is 5.79. The maximum Gasteiger partial charge on any atom is 0.344 e. The summed E-state index contributed by atoms with van der Waals surface area (Å²) in [5.41, 5.74) is -0.543. The second-order valence-corrected chi connectivity index (χ2v) is 5.22. The summed E-state index contributed by atoms with van der Waals surface area (Å²) in [4.78, 5) is 22.8. The van der Waals surface area contributed by atoms with Crippen molar-refractivity contribution in [3.05, 3.63) is 0 Å². The minimum Gasteiger partial charge on any atom is -0.463 e. The fourth-order valence-corrected chi connectivity index (χ4v) is 0.914. The number of esters is 2. The molecule has 0 aliphatic rings. The van der Waals surface area contributed by atoms with E-state index in [1.165, 1.54) is 0 Å². The molecular formula is C13H24O4. The molecule has 0 aliphatic heterocycles. The molecule has 4 nitrogen and oxygen atoms in total. The average molecular weight is 244 g/mol. The van der Waals surface area contributed by atoms with Gasteiger partial charge in [0.05, 0.1) is 12.0 Å². The van der Waals surface area contributed by atoms with Gasteiger partial charge in [-0.2, -0.15) is 0 Å². The molecule has 0 fully saturated rings. The van der Waals surface area contributed by atoms with Crippen LogP contribution in [0.4, 0.5) is 0 Å². The molecule has 0 aromatic heterocycles. The summed E-state index contributed by atoms with van der Waals surface area (Å²) in [5, 5.41) is 0. The van der Waals surface area contributed by atoms with Crippen LogP contribution in [0.2, 0.25) is 0 Å². The van der Waals surface area contributed by atoms with Crippen LogP contribution in [0.15, 0.2) is 0 Å². The van der Waals surface area contributed by atoms with E-state index >= 15 is 0 Å². The van der Waals surface area contributed by atoms with Crippen molar-refractivity contribution < 1.29 is 19.1 Å². The van der Waals surface area contributed by atoms with Crippen molar-refractivity contribution >= 4 is 11.9 Å². The summed E-state index contributed by atoms with van der Waals surface area (Å²) in [6.07, 6.45) is 1.49. The molecule has 100 valence electrons. The van der Waals surface area contributed by atoms with Crippen LogP contribution in [0.3, 0.4) is 0 Å². The minimum absolute atomic E-state index is 0.291. The van der Waals surface area contributed by atoms with E-state index < -0.39 is 11.4 Å². The molecule has 4 heteroatoms. The Morgan fingerprint density at radius 1 is 1.18 bits per heavy atom. The number of carbonyl (C=O) groups excluding carboxylic acids is 2. The minimum atomic E-state index is -0.543. The van der Waals surface area contributed by atoms with Crippen LogP contribution >= 0.6 is 0 Å². The molecule has 17 heavy (non-hydrogen) atoms. The summed E-state index contributed by atoms with van der Waals surface area (Å²) in [7, 11) is 0. The molecule has 0 saturated carbocycles. The van der Waals surface area contributed by atoms with Gasteiger partial charge >= 0.3 is 11.9 Å². The molecule has 0 saturated heterocycles. The zero-order chi connectivity index (χ0) is 13.5. The van der Waals surface area contributed by atoms with Crippen LogP contribution in [-0.4, -0.2) is 25.2 Å². The van der Waals surface area contributed by atoms with Crippen molar-refractivity contribution in [3.63, 3.8) is 0 Å². The van der Waals surface area contributed by atoms with Gasteiger partial charge in [-0.25, -0.2) is 4.79 Å². The van der Waals surface area contributed by atoms with Crippen molar-refractivity contribution in [2.24, 2.45) is 11.3 Å². The van der Waals surface area contributed by atoms with Gasteiger partial charge < -0.3 is 9.47 Å². The molecule has 0 N–H and O–H groups in total.